The zero-order valence-corrected chi connectivity index (χ0v) is 9.02. The Morgan fingerprint density at radius 3 is 2.67 bits per heavy atom. The number of aromatic nitrogens is 1. The molecule has 90 valence electrons. The summed E-state index contributed by atoms with van der Waals surface area (Å²) >= 11 is 0. The number of hydrogen-bond acceptors (Lipinski definition) is 4. The molecule has 0 aliphatic heterocycles. The van der Waals surface area contributed by atoms with E-state index in [2.05, 4.69) is 4.98 Å². The van der Waals surface area contributed by atoms with Crippen molar-refractivity contribution in [2.24, 2.45) is 0 Å². The third kappa shape index (κ3) is 2.35. The molecule has 2 N–H and O–H groups in total. The topological polar surface area (TPSA) is 71.9 Å². The fourth-order valence-corrected chi connectivity index (χ4v) is 1.28. The number of nitriles is 1. The van der Waals surface area contributed by atoms with Gasteiger partial charge >= 0.3 is 0 Å². The highest BCUT2D eigenvalue weighted by Crippen LogP contribution is 2.25. The van der Waals surface area contributed by atoms with Gasteiger partial charge in [-0.25, -0.2) is 13.8 Å². The first kappa shape index (κ1) is 11.8. The van der Waals surface area contributed by atoms with Gasteiger partial charge in [0.15, 0.2) is 11.6 Å². The van der Waals surface area contributed by atoms with Crippen LogP contribution < -0.4 is 10.5 Å². The quantitative estimate of drug-likeness (QED) is 0.885. The lowest BCUT2D eigenvalue weighted by Crippen LogP contribution is -1.95. The summed E-state index contributed by atoms with van der Waals surface area (Å²) in [6.45, 7) is 0. The van der Waals surface area contributed by atoms with E-state index < -0.39 is 11.6 Å². The molecule has 6 heteroatoms. The van der Waals surface area contributed by atoms with Gasteiger partial charge in [-0.1, -0.05) is 0 Å². The highest BCUT2D eigenvalue weighted by Gasteiger charge is 2.09. The molecule has 1 aromatic heterocycles. The number of nitrogens with two attached hydrogens (primary N) is 1. The number of halogens is 2. The smallest absolute Gasteiger partial charge is 0.237 e. The lowest BCUT2D eigenvalue weighted by atomic mass is 10.2. The van der Waals surface area contributed by atoms with Crippen molar-refractivity contribution >= 4 is 5.69 Å². The molecule has 0 bridgehead atoms. The lowest BCUT2D eigenvalue weighted by molar-refractivity contribution is 0.446. The second-order valence-electron chi connectivity index (χ2n) is 3.41. The fraction of sp³-hybridized carbons (Fsp3) is 0. The summed E-state index contributed by atoms with van der Waals surface area (Å²) < 4.78 is 30.9. The third-order valence-electron chi connectivity index (χ3n) is 2.10. The van der Waals surface area contributed by atoms with E-state index in [-0.39, 0.29) is 17.2 Å². The summed E-state index contributed by atoms with van der Waals surface area (Å²) in [6, 6.07) is 6.25. The standard InChI is InChI=1S/C12H7F2N3O/c13-10-2-1-9(4-11(10)14)18-12-7(5-15)3-8(16)6-17-12/h1-4,6H,16H2. The monoisotopic (exact) mass is 247 g/mol. The van der Waals surface area contributed by atoms with E-state index >= 15 is 0 Å². The van der Waals surface area contributed by atoms with Crippen LogP contribution >= 0.6 is 0 Å². The second kappa shape index (κ2) is 4.67. The van der Waals surface area contributed by atoms with Gasteiger partial charge in [0.05, 0.1) is 11.9 Å². The van der Waals surface area contributed by atoms with Crippen molar-refractivity contribution in [3.63, 3.8) is 0 Å². The molecule has 0 amide bonds. The van der Waals surface area contributed by atoms with Crippen molar-refractivity contribution in [2.45, 2.75) is 0 Å². The van der Waals surface area contributed by atoms with Crippen molar-refractivity contribution in [1.82, 2.24) is 4.98 Å². The van der Waals surface area contributed by atoms with Gasteiger partial charge in [-0.2, -0.15) is 5.26 Å². The summed E-state index contributed by atoms with van der Waals surface area (Å²) in [7, 11) is 0. The van der Waals surface area contributed by atoms with E-state index in [4.69, 9.17) is 15.7 Å². The van der Waals surface area contributed by atoms with Gasteiger partial charge in [0, 0.05) is 6.07 Å². The Labute approximate surface area is 101 Å². The van der Waals surface area contributed by atoms with Crippen molar-refractivity contribution < 1.29 is 13.5 Å². The van der Waals surface area contributed by atoms with Crippen molar-refractivity contribution in [2.75, 3.05) is 5.73 Å². The summed E-state index contributed by atoms with van der Waals surface area (Å²) in [4.78, 5) is 3.81. The summed E-state index contributed by atoms with van der Waals surface area (Å²) in [5, 5.41) is 8.86. The zero-order valence-electron chi connectivity index (χ0n) is 9.02. The molecule has 0 aliphatic rings. The predicted octanol–water partition coefficient (Wildman–Crippen LogP) is 2.61. The van der Waals surface area contributed by atoms with Crippen LogP contribution in [0.4, 0.5) is 14.5 Å². The molecule has 0 saturated heterocycles. The van der Waals surface area contributed by atoms with Crippen LogP contribution in [-0.2, 0) is 0 Å². The minimum Gasteiger partial charge on any atom is -0.438 e. The Kier molecular flexibility index (Phi) is 3.06. The van der Waals surface area contributed by atoms with Crippen LogP contribution in [-0.4, -0.2) is 4.98 Å². The molecule has 0 fully saturated rings. The number of pyridine rings is 1. The van der Waals surface area contributed by atoms with E-state index in [0.717, 1.165) is 12.1 Å². The first-order valence-electron chi connectivity index (χ1n) is 4.88. The Morgan fingerprint density at radius 1 is 1.22 bits per heavy atom. The number of nitrogens with zero attached hydrogens (tertiary/aromatic N) is 2. The van der Waals surface area contributed by atoms with E-state index in [0.29, 0.717) is 5.69 Å². The molecule has 4 nitrogen and oxygen atoms in total. The Bertz CT molecular complexity index is 638. The normalized spacial score (nSPS) is 9.83. The van der Waals surface area contributed by atoms with Crippen LogP contribution in [0.3, 0.4) is 0 Å². The molecule has 0 spiro atoms. The molecule has 1 aromatic carbocycles. The maximum Gasteiger partial charge on any atom is 0.237 e. The molecule has 0 saturated carbocycles. The SMILES string of the molecule is N#Cc1cc(N)cnc1Oc1ccc(F)c(F)c1. The van der Waals surface area contributed by atoms with Crippen molar-refractivity contribution in [3.8, 4) is 17.7 Å². The highest BCUT2D eigenvalue weighted by atomic mass is 19.2. The first-order valence-corrected chi connectivity index (χ1v) is 4.88. The number of ether oxygens (including phenoxy) is 1. The molecule has 1 heterocycles. The van der Waals surface area contributed by atoms with Gasteiger partial charge < -0.3 is 10.5 Å². The summed E-state index contributed by atoms with van der Waals surface area (Å²) in [6.07, 6.45) is 1.30. The van der Waals surface area contributed by atoms with Gasteiger partial charge in [0.25, 0.3) is 0 Å². The largest absolute Gasteiger partial charge is 0.438 e. The Balaban J connectivity index is 2.34. The Morgan fingerprint density at radius 2 is 2.00 bits per heavy atom. The zero-order chi connectivity index (χ0) is 13.1. The molecule has 0 unspecified atom stereocenters. The Hall–Kier alpha value is -2.68. The maximum absolute atomic E-state index is 13.0. The van der Waals surface area contributed by atoms with Crippen molar-refractivity contribution in [3.05, 3.63) is 47.7 Å². The number of benzene rings is 1. The third-order valence-corrected chi connectivity index (χ3v) is 2.10. The van der Waals surface area contributed by atoms with E-state index in [9.17, 15) is 8.78 Å². The molecular formula is C12H7F2N3O. The average molecular weight is 247 g/mol. The molecule has 0 radical (unpaired) electrons. The highest BCUT2D eigenvalue weighted by molar-refractivity contribution is 5.49. The molecule has 2 aromatic rings. The lowest BCUT2D eigenvalue weighted by Gasteiger charge is -2.06. The predicted molar refractivity (Wildman–Crippen MR) is 59.8 cm³/mol. The van der Waals surface area contributed by atoms with Crippen LogP contribution in [0.15, 0.2) is 30.5 Å². The van der Waals surface area contributed by atoms with Crippen LogP contribution in [0.25, 0.3) is 0 Å². The van der Waals surface area contributed by atoms with Crippen LogP contribution in [0, 0.1) is 23.0 Å². The number of nitrogen functional groups attached to an aromatic ring is 1. The summed E-state index contributed by atoms with van der Waals surface area (Å²) in [5.41, 5.74) is 5.88. The average Bonchev–Trinajstić information content (AvgIpc) is 2.36. The van der Waals surface area contributed by atoms with Gasteiger partial charge in [0.2, 0.25) is 5.88 Å². The second-order valence-corrected chi connectivity index (χ2v) is 3.41. The van der Waals surface area contributed by atoms with Crippen LogP contribution in [0.2, 0.25) is 0 Å². The fourth-order valence-electron chi connectivity index (χ4n) is 1.28. The van der Waals surface area contributed by atoms with E-state index in [1.165, 1.54) is 18.3 Å². The van der Waals surface area contributed by atoms with Crippen LogP contribution in [0.1, 0.15) is 5.56 Å². The van der Waals surface area contributed by atoms with Gasteiger partial charge in [-0.05, 0) is 18.2 Å². The van der Waals surface area contributed by atoms with E-state index in [1.54, 1.807) is 0 Å². The van der Waals surface area contributed by atoms with Gasteiger partial charge in [0.1, 0.15) is 17.4 Å². The summed E-state index contributed by atoms with van der Waals surface area (Å²) in [5.74, 6) is -1.99. The molecular weight excluding hydrogens is 240 g/mol. The van der Waals surface area contributed by atoms with Crippen LogP contribution in [0.5, 0.6) is 11.6 Å². The minimum atomic E-state index is -1.04. The maximum atomic E-state index is 13.0. The van der Waals surface area contributed by atoms with E-state index in [1.807, 2.05) is 6.07 Å². The number of anilines is 1. The molecule has 18 heavy (non-hydrogen) atoms. The number of hydrogen-bond donors (Lipinski definition) is 1. The number of rotatable bonds is 2. The molecule has 2 rings (SSSR count). The van der Waals surface area contributed by atoms with Gasteiger partial charge in [-0.3, -0.25) is 0 Å². The molecule has 0 atom stereocenters. The van der Waals surface area contributed by atoms with Crippen molar-refractivity contribution in [1.29, 1.82) is 5.26 Å². The molecule has 0 aliphatic carbocycles. The minimum absolute atomic E-state index is 0.0160. The van der Waals surface area contributed by atoms with Gasteiger partial charge in [-0.15, -0.1) is 0 Å². The first-order chi connectivity index (χ1) is 8.60.